The Kier molecular flexibility index (Phi) is 4.14. The SMILES string of the molecule is CC1CCC(c2nnnn2C(CC(=O)O)C(C)C)O1. The zero-order chi connectivity index (χ0) is 14.0. The van der Waals surface area contributed by atoms with Crippen molar-refractivity contribution >= 4 is 5.97 Å². The van der Waals surface area contributed by atoms with E-state index in [4.69, 9.17) is 9.84 Å². The Morgan fingerprint density at radius 2 is 2.26 bits per heavy atom. The van der Waals surface area contributed by atoms with Crippen LogP contribution in [0.1, 0.15) is 58.0 Å². The first-order chi connectivity index (χ1) is 8.99. The van der Waals surface area contributed by atoms with E-state index < -0.39 is 5.97 Å². The quantitative estimate of drug-likeness (QED) is 0.872. The highest BCUT2D eigenvalue weighted by atomic mass is 16.5. The normalized spacial score (nSPS) is 24.8. The second-order valence-corrected chi connectivity index (χ2v) is 5.40. The summed E-state index contributed by atoms with van der Waals surface area (Å²) in [4.78, 5) is 11.0. The summed E-state index contributed by atoms with van der Waals surface area (Å²) in [7, 11) is 0. The van der Waals surface area contributed by atoms with Crippen LogP contribution in [0.3, 0.4) is 0 Å². The number of tetrazole rings is 1. The zero-order valence-corrected chi connectivity index (χ0v) is 11.5. The number of aliphatic carboxylic acids is 1. The van der Waals surface area contributed by atoms with Crippen LogP contribution in [0.25, 0.3) is 0 Å². The number of hydrogen-bond acceptors (Lipinski definition) is 5. The maximum Gasteiger partial charge on any atom is 0.305 e. The van der Waals surface area contributed by atoms with Gasteiger partial charge < -0.3 is 9.84 Å². The summed E-state index contributed by atoms with van der Waals surface area (Å²) in [5, 5.41) is 20.7. The van der Waals surface area contributed by atoms with Crippen LogP contribution >= 0.6 is 0 Å². The molecule has 1 aliphatic rings. The van der Waals surface area contributed by atoms with E-state index in [1.54, 1.807) is 4.68 Å². The van der Waals surface area contributed by atoms with E-state index in [-0.39, 0.29) is 30.6 Å². The summed E-state index contributed by atoms with van der Waals surface area (Å²) in [6.45, 7) is 5.96. The average Bonchev–Trinajstić information content (AvgIpc) is 2.93. The van der Waals surface area contributed by atoms with E-state index in [9.17, 15) is 4.79 Å². The predicted molar refractivity (Wildman–Crippen MR) is 66.5 cm³/mol. The van der Waals surface area contributed by atoms with Crippen molar-refractivity contribution in [3.8, 4) is 0 Å². The fraction of sp³-hybridized carbons (Fsp3) is 0.833. The molecule has 0 aromatic carbocycles. The number of hydrogen-bond donors (Lipinski definition) is 1. The Balaban J connectivity index is 2.23. The smallest absolute Gasteiger partial charge is 0.305 e. The van der Waals surface area contributed by atoms with Crippen LogP contribution in [0.4, 0.5) is 0 Å². The number of ether oxygens (including phenoxy) is 1. The molecule has 1 aromatic rings. The summed E-state index contributed by atoms with van der Waals surface area (Å²) < 4.78 is 7.40. The predicted octanol–water partition coefficient (Wildman–Crippen LogP) is 1.58. The highest BCUT2D eigenvalue weighted by Gasteiger charge is 2.31. The summed E-state index contributed by atoms with van der Waals surface area (Å²) in [5.74, 6) is -0.0673. The average molecular weight is 268 g/mol. The number of aromatic nitrogens is 4. The monoisotopic (exact) mass is 268 g/mol. The van der Waals surface area contributed by atoms with Crippen molar-refractivity contribution in [3.05, 3.63) is 5.82 Å². The van der Waals surface area contributed by atoms with Gasteiger partial charge >= 0.3 is 5.97 Å². The van der Waals surface area contributed by atoms with Gasteiger partial charge in [-0.3, -0.25) is 4.79 Å². The van der Waals surface area contributed by atoms with Gasteiger partial charge in [0, 0.05) is 0 Å². The largest absolute Gasteiger partial charge is 0.481 e. The maximum atomic E-state index is 11.0. The molecule has 106 valence electrons. The topological polar surface area (TPSA) is 90.1 Å². The van der Waals surface area contributed by atoms with Crippen molar-refractivity contribution in [1.29, 1.82) is 0 Å². The minimum Gasteiger partial charge on any atom is -0.481 e. The van der Waals surface area contributed by atoms with Gasteiger partial charge in [0.1, 0.15) is 6.10 Å². The number of carboxylic acid groups (broad SMARTS) is 1. The first kappa shape index (κ1) is 13.9. The number of carbonyl (C=O) groups is 1. The van der Waals surface area contributed by atoms with Gasteiger partial charge in [-0.15, -0.1) is 5.10 Å². The van der Waals surface area contributed by atoms with Crippen molar-refractivity contribution in [2.45, 2.75) is 58.3 Å². The molecule has 1 saturated heterocycles. The summed E-state index contributed by atoms with van der Waals surface area (Å²) >= 11 is 0. The second-order valence-electron chi connectivity index (χ2n) is 5.40. The van der Waals surface area contributed by atoms with Gasteiger partial charge in [0.15, 0.2) is 5.82 Å². The fourth-order valence-electron chi connectivity index (χ4n) is 2.42. The zero-order valence-electron chi connectivity index (χ0n) is 11.5. The van der Waals surface area contributed by atoms with E-state index in [0.717, 1.165) is 12.8 Å². The third kappa shape index (κ3) is 3.09. The van der Waals surface area contributed by atoms with Crippen LogP contribution in [-0.4, -0.2) is 37.4 Å². The van der Waals surface area contributed by atoms with Gasteiger partial charge in [0.05, 0.1) is 18.6 Å². The molecule has 3 atom stereocenters. The lowest BCUT2D eigenvalue weighted by Gasteiger charge is -2.21. The summed E-state index contributed by atoms with van der Waals surface area (Å²) in [5.41, 5.74) is 0. The lowest BCUT2D eigenvalue weighted by atomic mass is 10.0. The molecule has 19 heavy (non-hydrogen) atoms. The molecule has 0 bridgehead atoms. The third-order valence-electron chi connectivity index (χ3n) is 3.51. The van der Waals surface area contributed by atoms with Crippen molar-refractivity contribution in [2.24, 2.45) is 5.92 Å². The first-order valence-corrected chi connectivity index (χ1v) is 6.64. The van der Waals surface area contributed by atoms with Crippen LogP contribution in [0.5, 0.6) is 0 Å². The van der Waals surface area contributed by atoms with E-state index in [2.05, 4.69) is 15.5 Å². The Labute approximate surface area is 111 Å². The maximum absolute atomic E-state index is 11.0. The number of nitrogens with zero attached hydrogens (tertiary/aromatic N) is 4. The van der Waals surface area contributed by atoms with E-state index in [1.807, 2.05) is 20.8 Å². The van der Waals surface area contributed by atoms with Gasteiger partial charge in [0.2, 0.25) is 0 Å². The molecule has 1 fully saturated rings. The molecule has 0 spiro atoms. The Hall–Kier alpha value is -1.50. The fourth-order valence-corrected chi connectivity index (χ4v) is 2.42. The molecule has 0 amide bonds. The minimum atomic E-state index is -0.846. The van der Waals surface area contributed by atoms with Gasteiger partial charge in [-0.25, -0.2) is 4.68 Å². The molecule has 0 aliphatic carbocycles. The molecular formula is C12H20N4O3. The van der Waals surface area contributed by atoms with Crippen molar-refractivity contribution < 1.29 is 14.6 Å². The molecule has 1 aliphatic heterocycles. The molecule has 3 unspecified atom stereocenters. The van der Waals surface area contributed by atoms with E-state index in [0.29, 0.717) is 5.82 Å². The Bertz CT molecular complexity index is 446. The standard InChI is InChI=1S/C12H20N4O3/c1-7(2)9(6-11(17)18)16-12(13-14-15-16)10-5-4-8(3)19-10/h7-10H,4-6H2,1-3H3,(H,17,18). The molecule has 1 N–H and O–H groups in total. The lowest BCUT2D eigenvalue weighted by Crippen LogP contribution is -2.23. The minimum absolute atomic E-state index is 0.0119. The van der Waals surface area contributed by atoms with Crippen LogP contribution in [0, 0.1) is 5.92 Å². The van der Waals surface area contributed by atoms with Gasteiger partial charge in [-0.2, -0.15) is 0 Å². The molecule has 2 rings (SSSR count). The Morgan fingerprint density at radius 3 is 2.79 bits per heavy atom. The summed E-state index contributed by atoms with van der Waals surface area (Å²) in [6, 6.07) is -0.248. The molecule has 0 radical (unpaired) electrons. The van der Waals surface area contributed by atoms with Crippen LogP contribution < -0.4 is 0 Å². The molecule has 7 nitrogen and oxygen atoms in total. The van der Waals surface area contributed by atoms with E-state index in [1.165, 1.54) is 0 Å². The van der Waals surface area contributed by atoms with Crippen molar-refractivity contribution in [1.82, 2.24) is 20.2 Å². The first-order valence-electron chi connectivity index (χ1n) is 6.64. The molecule has 2 heterocycles. The van der Waals surface area contributed by atoms with Gasteiger partial charge in [-0.05, 0) is 36.1 Å². The van der Waals surface area contributed by atoms with Crippen LogP contribution in [0.15, 0.2) is 0 Å². The van der Waals surface area contributed by atoms with Crippen molar-refractivity contribution in [3.63, 3.8) is 0 Å². The highest BCUT2D eigenvalue weighted by molar-refractivity contribution is 5.67. The van der Waals surface area contributed by atoms with Crippen LogP contribution in [0.2, 0.25) is 0 Å². The van der Waals surface area contributed by atoms with Gasteiger partial charge in [-0.1, -0.05) is 13.8 Å². The second kappa shape index (κ2) is 5.64. The van der Waals surface area contributed by atoms with E-state index >= 15 is 0 Å². The molecule has 1 aromatic heterocycles. The number of rotatable bonds is 5. The molecular weight excluding hydrogens is 248 g/mol. The summed E-state index contributed by atoms with van der Waals surface area (Å²) in [6.07, 6.45) is 1.94. The Morgan fingerprint density at radius 1 is 1.53 bits per heavy atom. The molecule has 7 heteroatoms. The third-order valence-corrected chi connectivity index (χ3v) is 3.51. The lowest BCUT2D eigenvalue weighted by molar-refractivity contribution is -0.138. The van der Waals surface area contributed by atoms with Crippen molar-refractivity contribution in [2.75, 3.05) is 0 Å². The van der Waals surface area contributed by atoms with Crippen LogP contribution in [-0.2, 0) is 9.53 Å². The number of carboxylic acids is 1. The van der Waals surface area contributed by atoms with Gasteiger partial charge in [0.25, 0.3) is 0 Å². The molecule has 0 saturated carbocycles. The highest BCUT2D eigenvalue weighted by Crippen LogP contribution is 2.33.